The van der Waals surface area contributed by atoms with E-state index in [1.807, 2.05) is 17.5 Å². The van der Waals surface area contributed by atoms with Crippen LogP contribution in [0.2, 0.25) is 10.0 Å². The second-order valence-electron chi connectivity index (χ2n) is 6.47. The van der Waals surface area contributed by atoms with E-state index in [2.05, 4.69) is 10.3 Å². The van der Waals surface area contributed by atoms with Gasteiger partial charge in [-0.3, -0.25) is 14.2 Å². The number of hydrogen-bond acceptors (Lipinski definition) is 4. The van der Waals surface area contributed by atoms with E-state index >= 15 is 0 Å². The van der Waals surface area contributed by atoms with Gasteiger partial charge in [0.15, 0.2) is 0 Å². The SMILES string of the molecule is CC(C(=O)Nc1ccc(Cl)cc1)n1cnc2scc(-c3ccc(Cl)cc3)c2c1=O. The number of amides is 1. The van der Waals surface area contributed by atoms with Gasteiger partial charge in [-0.05, 0) is 48.9 Å². The van der Waals surface area contributed by atoms with E-state index in [-0.39, 0.29) is 11.5 Å². The monoisotopic (exact) mass is 443 g/mol. The Kier molecular flexibility index (Phi) is 5.41. The third kappa shape index (κ3) is 3.92. The van der Waals surface area contributed by atoms with Gasteiger partial charge in [-0.25, -0.2) is 4.98 Å². The molecule has 4 rings (SSSR count). The largest absolute Gasteiger partial charge is 0.324 e. The molecule has 0 bridgehead atoms. The van der Waals surface area contributed by atoms with Crippen LogP contribution in [0, 0.1) is 0 Å². The number of hydrogen-bond donors (Lipinski definition) is 1. The zero-order valence-corrected chi connectivity index (χ0v) is 17.6. The first kappa shape index (κ1) is 19.6. The molecular weight excluding hydrogens is 429 g/mol. The maximum absolute atomic E-state index is 13.2. The molecule has 5 nitrogen and oxygen atoms in total. The van der Waals surface area contributed by atoms with E-state index < -0.39 is 6.04 Å². The number of nitrogens with one attached hydrogen (secondary N) is 1. The summed E-state index contributed by atoms with van der Waals surface area (Å²) in [7, 11) is 0. The summed E-state index contributed by atoms with van der Waals surface area (Å²) in [6, 6.07) is 13.3. The minimum Gasteiger partial charge on any atom is -0.324 e. The van der Waals surface area contributed by atoms with Crippen LogP contribution in [-0.4, -0.2) is 15.5 Å². The lowest BCUT2D eigenvalue weighted by molar-refractivity contribution is -0.118. The van der Waals surface area contributed by atoms with Gasteiger partial charge in [0.1, 0.15) is 10.9 Å². The molecule has 2 aromatic heterocycles. The van der Waals surface area contributed by atoms with E-state index in [4.69, 9.17) is 23.2 Å². The Bertz CT molecular complexity index is 1250. The maximum Gasteiger partial charge on any atom is 0.263 e. The van der Waals surface area contributed by atoms with Crippen LogP contribution < -0.4 is 10.9 Å². The molecule has 1 unspecified atom stereocenters. The fraction of sp³-hybridized carbons (Fsp3) is 0.0952. The third-order valence-electron chi connectivity index (χ3n) is 4.58. The summed E-state index contributed by atoms with van der Waals surface area (Å²) >= 11 is 13.2. The zero-order valence-electron chi connectivity index (χ0n) is 15.2. The van der Waals surface area contributed by atoms with Gasteiger partial charge in [0.25, 0.3) is 5.56 Å². The molecule has 0 aliphatic rings. The first-order chi connectivity index (χ1) is 13.9. The van der Waals surface area contributed by atoms with Crippen molar-refractivity contribution in [2.24, 2.45) is 0 Å². The Morgan fingerprint density at radius 3 is 2.34 bits per heavy atom. The van der Waals surface area contributed by atoms with Crippen LogP contribution in [0.4, 0.5) is 5.69 Å². The van der Waals surface area contributed by atoms with Crippen LogP contribution in [0.3, 0.4) is 0 Å². The van der Waals surface area contributed by atoms with Gasteiger partial charge in [-0.15, -0.1) is 11.3 Å². The molecule has 0 radical (unpaired) electrons. The molecule has 1 N–H and O–H groups in total. The fourth-order valence-corrected chi connectivity index (χ4v) is 4.13. The molecule has 146 valence electrons. The fourth-order valence-electron chi connectivity index (χ4n) is 2.97. The van der Waals surface area contributed by atoms with E-state index in [0.717, 1.165) is 11.1 Å². The molecule has 8 heteroatoms. The molecule has 0 saturated carbocycles. The first-order valence-corrected chi connectivity index (χ1v) is 10.4. The topological polar surface area (TPSA) is 64.0 Å². The van der Waals surface area contributed by atoms with Crippen molar-refractivity contribution in [2.75, 3.05) is 5.32 Å². The zero-order chi connectivity index (χ0) is 20.5. The highest BCUT2D eigenvalue weighted by atomic mass is 35.5. The highest BCUT2D eigenvalue weighted by Crippen LogP contribution is 2.31. The predicted molar refractivity (Wildman–Crippen MR) is 119 cm³/mol. The number of aromatic nitrogens is 2. The lowest BCUT2D eigenvalue weighted by Crippen LogP contribution is -2.31. The van der Waals surface area contributed by atoms with Crippen molar-refractivity contribution in [1.29, 1.82) is 0 Å². The van der Waals surface area contributed by atoms with Gasteiger partial charge in [0.05, 0.1) is 11.7 Å². The first-order valence-electron chi connectivity index (χ1n) is 8.75. The van der Waals surface area contributed by atoms with Crippen molar-refractivity contribution in [2.45, 2.75) is 13.0 Å². The second-order valence-corrected chi connectivity index (χ2v) is 8.20. The highest BCUT2D eigenvalue weighted by molar-refractivity contribution is 7.17. The Hall–Kier alpha value is -2.67. The molecular formula is C21H15Cl2N3O2S. The van der Waals surface area contributed by atoms with Crippen LogP contribution in [0.1, 0.15) is 13.0 Å². The van der Waals surface area contributed by atoms with Gasteiger partial charge in [-0.1, -0.05) is 35.3 Å². The Balaban J connectivity index is 1.70. The number of nitrogens with zero attached hydrogens (tertiary/aromatic N) is 2. The molecule has 1 atom stereocenters. The molecule has 2 aromatic carbocycles. The average molecular weight is 444 g/mol. The van der Waals surface area contributed by atoms with Crippen LogP contribution in [-0.2, 0) is 4.79 Å². The Morgan fingerprint density at radius 1 is 1.07 bits per heavy atom. The predicted octanol–water partition coefficient (Wildman–Crippen LogP) is 5.63. The second kappa shape index (κ2) is 7.99. The molecule has 0 fully saturated rings. The lowest BCUT2D eigenvalue weighted by Gasteiger charge is -2.15. The molecule has 4 aromatic rings. The molecule has 0 saturated heterocycles. The number of thiophene rings is 1. The summed E-state index contributed by atoms with van der Waals surface area (Å²) in [6.07, 6.45) is 1.42. The maximum atomic E-state index is 13.2. The number of halogens is 2. The number of benzene rings is 2. The molecule has 1 amide bonds. The number of anilines is 1. The minimum absolute atomic E-state index is 0.264. The quantitative estimate of drug-likeness (QED) is 0.444. The van der Waals surface area contributed by atoms with Gasteiger partial charge in [0.2, 0.25) is 5.91 Å². The van der Waals surface area contributed by atoms with E-state index in [1.54, 1.807) is 43.3 Å². The number of fused-ring (bicyclic) bond motifs is 1. The highest BCUT2D eigenvalue weighted by Gasteiger charge is 2.20. The molecule has 2 heterocycles. The normalized spacial score (nSPS) is 12.1. The summed E-state index contributed by atoms with van der Waals surface area (Å²) in [5.41, 5.74) is 1.99. The van der Waals surface area contributed by atoms with Gasteiger partial charge in [0, 0.05) is 26.7 Å². The molecule has 29 heavy (non-hydrogen) atoms. The van der Waals surface area contributed by atoms with Crippen LogP contribution in [0.15, 0.2) is 65.0 Å². The summed E-state index contributed by atoms with van der Waals surface area (Å²) < 4.78 is 1.35. The van der Waals surface area contributed by atoms with Crippen LogP contribution >= 0.6 is 34.5 Å². The van der Waals surface area contributed by atoms with E-state index in [1.165, 1.54) is 22.2 Å². The van der Waals surface area contributed by atoms with E-state index in [0.29, 0.717) is 25.9 Å². The van der Waals surface area contributed by atoms with Crippen LogP contribution in [0.25, 0.3) is 21.3 Å². The number of carbonyl (C=O) groups excluding carboxylic acids is 1. The number of rotatable bonds is 4. The summed E-state index contributed by atoms with van der Waals surface area (Å²) in [6.45, 7) is 1.66. The van der Waals surface area contributed by atoms with Gasteiger partial charge >= 0.3 is 0 Å². The summed E-state index contributed by atoms with van der Waals surface area (Å²) in [4.78, 5) is 30.9. The minimum atomic E-state index is -0.743. The summed E-state index contributed by atoms with van der Waals surface area (Å²) in [5.74, 6) is -0.321. The standard InChI is InChI=1S/C21H15Cl2N3O2S/c1-12(19(27)25-16-8-6-15(23)7-9-16)26-11-24-20-18(21(26)28)17(10-29-20)13-2-4-14(22)5-3-13/h2-12H,1H3,(H,25,27). The van der Waals surface area contributed by atoms with E-state index in [9.17, 15) is 9.59 Å². The Labute approximate surface area is 180 Å². The summed E-state index contributed by atoms with van der Waals surface area (Å²) in [5, 5.41) is 6.38. The van der Waals surface area contributed by atoms with Gasteiger partial charge < -0.3 is 5.32 Å². The molecule has 0 aliphatic heterocycles. The van der Waals surface area contributed by atoms with Crippen molar-refractivity contribution in [3.05, 3.63) is 80.6 Å². The van der Waals surface area contributed by atoms with Crippen molar-refractivity contribution < 1.29 is 4.79 Å². The molecule has 0 aliphatic carbocycles. The van der Waals surface area contributed by atoms with Crippen molar-refractivity contribution in [3.63, 3.8) is 0 Å². The van der Waals surface area contributed by atoms with Crippen molar-refractivity contribution >= 4 is 56.3 Å². The smallest absolute Gasteiger partial charge is 0.263 e. The van der Waals surface area contributed by atoms with Crippen LogP contribution in [0.5, 0.6) is 0 Å². The lowest BCUT2D eigenvalue weighted by atomic mass is 10.1. The Morgan fingerprint density at radius 2 is 1.69 bits per heavy atom. The third-order valence-corrected chi connectivity index (χ3v) is 5.97. The van der Waals surface area contributed by atoms with Crippen molar-refractivity contribution in [1.82, 2.24) is 9.55 Å². The number of carbonyl (C=O) groups is 1. The van der Waals surface area contributed by atoms with Gasteiger partial charge in [-0.2, -0.15) is 0 Å². The molecule has 0 spiro atoms. The van der Waals surface area contributed by atoms with Crippen molar-refractivity contribution in [3.8, 4) is 11.1 Å². The average Bonchev–Trinajstić information content (AvgIpc) is 3.15.